The van der Waals surface area contributed by atoms with Gasteiger partial charge in [-0.05, 0) is 68.0 Å². The number of rotatable bonds is 5. The minimum Gasteiger partial charge on any atom is -0.346 e. The second-order valence-corrected chi connectivity index (χ2v) is 10.9. The van der Waals surface area contributed by atoms with Crippen molar-refractivity contribution in [1.29, 1.82) is 0 Å². The van der Waals surface area contributed by atoms with E-state index in [-0.39, 0.29) is 40.6 Å². The van der Waals surface area contributed by atoms with Gasteiger partial charge in [0.25, 0.3) is 0 Å². The minimum atomic E-state index is -3.79. The molecule has 1 aliphatic heterocycles. The first-order chi connectivity index (χ1) is 14.7. The van der Waals surface area contributed by atoms with Crippen molar-refractivity contribution in [1.82, 2.24) is 9.62 Å². The summed E-state index contributed by atoms with van der Waals surface area (Å²) in [6, 6.07) is 10.6. The molecule has 1 heterocycles. The molecular weight excluding hydrogens is 462 g/mol. The molecule has 0 unspecified atom stereocenters. The zero-order chi connectivity index (χ0) is 22.2. The molecule has 5 nitrogen and oxygen atoms in total. The number of sulfonamides is 1. The van der Waals surface area contributed by atoms with Crippen molar-refractivity contribution in [3.8, 4) is 0 Å². The standard InChI is InChI=1S/C22H23Cl2FN2O3S/c23-17-4-7-19(24)20(14-17)31(29,30)27-12-8-15(9-13-27)21(28)26-22(10-1-11-22)16-2-5-18(25)6-3-16/h2-7,14-15H,1,8-13H2,(H,26,28). The lowest BCUT2D eigenvalue weighted by Gasteiger charge is -2.44. The van der Waals surface area contributed by atoms with Gasteiger partial charge in [0.1, 0.15) is 10.7 Å². The second kappa shape index (κ2) is 8.70. The van der Waals surface area contributed by atoms with Crippen LogP contribution in [0, 0.1) is 11.7 Å². The maximum atomic E-state index is 13.3. The highest BCUT2D eigenvalue weighted by molar-refractivity contribution is 7.89. The van der Waals surface area contributed by atoms with Crippen LogP contribution in [0.5, 0.6) is 0 Å². The summed E-state index contributed by atoms with van der Waals surface area (Å²) < 4.78 is 40.6. The molecule has 2 aromatic carbocycles. The van der Waals surface area contributed by atoms with Crippen molar-refractivity contribution in [3.05, 3.63) is 63.9 Å². The Balaban J connectivity index is 1.42. The van der Waals surface area contributed by atoms with Gasteiger partial charge in [0.05, 0.1) is 10.6 Å². The number of piperidine rings is 1. The third kappa shape index (κ3) is 4.46. The Morgan fingerprint density at radius 3 is 2.29 bits per heavy atom. The average molecular weight is 485 g/mol. The molecular formula is C22H23Cl2FN2O3S. The van der Waals surface area contributed by atoms with Crippen LogP contribution in [0.3, 0.4) is 0 Å². The average Bonchev–Trinajstić information content (AvgIpc) is 2.73. The third-order valence-corrected chi connectivity index (χ3v) is 8.92. The van der Waals surface area contributed by atoms with Gasteiger partial charge in [-0.1, -0.05) is 35.3 Å². The van der Waals surface area contributed by atoms with Crippen molar-refractivity contribution < 1.29 is 17.6 Å². The number of carbonyl (C=O) groups excluding carboxylic acids is 1. The number of carbonyl (C=O) groups is 1. The normalized spacial score (nSPS) is 19.6. The minimum absolute atomic E-state index is 0.0192. The highest BCUT2D eigenvalue weighted by atomic mass is 35.5. The van der Waals surface area contributed by atoms with Crippen LogP contribution < -0.4 is 5.32 Å². The van der Waals surface area contributed by atoms with Crippen LogP contribution in [0.25, 0.3) is 0 Å². The van der Waals surface area contributed by atoms with E-state index >= 15 is 0 Å². The van der Waals surface area contributed by atoms with Gasteiger partial charge >= 0.3 is 0 Å². The molecule has 166 valence electrons. The molecule has 2 aromatic rings. The molecule has 1 saturated carbocycles. The Labute approximate surface area is 191 Å². The lowest BCUT2D eigenvalue weighted by molar-refractivity contribution is -0.129. The highest BCUT2D eigenvalue weighted by Crippen LogP contribution is 2.42. The largest absolute Gasteiger partial charge is 0.346 e. The number of amides is 1. The SMILES string of the molecule is O=C(NC1(c2ccc(F)cc2)CCC1)C1CCN(S(=O)(=O)c2cc(Cl)ccc2Cl)CC1. The Morgan fingerprint density at radius 2 is 1.71 bits per heavy atom. The summed E-state index contributed by atoms with van der Waals surface area (Å²) in [4.78, 5) is 13.0. The molecule has 0 spiro atoms. The van der Waals surface area contributed by atoms with Crippen LogP contribution in [0.4, 0.5) is 4.39 Å². The molecule has 1 saturated heterocycles. The van der Waals surface area contributed by atoms with Gasteiger partial charge in [-0.25, -0.2) is 12.8 Å². The fraction of sp³-hybridized carbons (Fsp3) is 0.409. The number of nitrogens with zero attached hydrogens (tertiary/aromatic N) is 1. The fourth-order valence-corrected chi connectivity index (χ4v) is 6.50. The summed E-state index contributed by atoms with van der Waals surface area (Å²) >= 11 is 12.0. The topological polar surface area (TPSA) is 66.5 Å². The summed E-state index contributed by atoms with van der Waals surface area (Å²) in [5.74, 6) is -0.668. The van der Waals surface area contributed by atoms with Gasteiger partial charge in [0, 0.05) is 24.0 Å². The maximum absolute atomic E-state index is 13.3. The zero-order valence-electron chi connectivity index (χ0n) is 16.8. The van der Waals surface area contributed by atoms with Crippen LogP contribution in [-0.4, -0.2) is 31.7 Å². The van der Waals surface area contributed by atoms with Crippen LogP contribution in [-0.2, 0) is 20.4 Å². The first kappa shape index (κ1) is 22.5. The Kier molecular flexibility index (Phi) is 6.32. The van der Waals surface area contributed by atoms with E-state index in [2.05, 4.69) is 5.32 Å². The summed E-state index contributed by atoms with van der Waals surface area (Å²) in [5.41, 5.74) is 0.451. The Morgan fingerprint density at radius 1 is 1.06 bits per heavy atom. The summed E-state index contributed by atoms with van der Waals surface area (Å²) in [6.07, 6.45) is 3.45. The van der Waals surface area contributed by atoms with E-state index in [1.54, 1.807) is 12.1 Å². The molecule has 2 aliphatic rings. The van der Waals surface area contributed by atoms with Crippen LogP contribution in [0.2, 0.25) is 10.0 Å². The van der Waals surface area contributed by atoms with E-state index in [9.17, 15) is 17.6 Å². The molecule has 4 rings (SSSR count). The zero-order valence-corrected chi connectivity index (χ0v) is 19.1. The monoisotopic (exact) mass is 484 g/mol. The first-order valence-corrected chi connectivity index (χ1v) is 12.4. The highest BCUT2D eigenvalue weighted by Gasteiger charge is 2.42. The molecule has 2 fully saturated rings. The van der Waals surface area contributed by atoms with E-state index in [1.165, 1.54) is 34.6 Å². The van der Waals surface area contributed by atoms with Crippen LogP contribution >= 0.6 is 23.2 Å². The molecule has 9 heteroatoms. The predicted molar refractivity (Wildman–Crippen MR) is 118 cm³/mol. The number of hydrogen-bond acceptors (Lipinski definition) is 3. The smallest absolute Gasteiger partial charge is 0.244 e. The first-order valence-electron chi connectivity index (χ1n) is 10.2. The summed E-state index contributed by atoms with van der Waals surface area (Å²) in [6.45, 7) is 0.458. The molecule has 0 atom stereocenters. The Hall–Kier alpha value is -1.67. The molecule has 1 aliphatic carbocycles. The lowest BCUT2D eigenvalue weighted by atomic mass is 9.71. The van der Waals surface area contributed by atoms with Gasteiger partial charge in [0.2, 0.25) is 15.9 Å². The van der Waals surface area contributed by atoms with Gasteiger partial charge in [-0.2, -0.15) is 4.31 Å². The van der Waals surface area contributed by atoms with Crippen molar-refractivity contribution in [3.63, 3.8) is 0 Å². The third-order valence-electron chi connectivity index (χ3n) is 6.30. The quantitative estimate of drug-likeness (QED) is 0.666. The molecule has 31 heavy (non-hydrogen) atoms. The Bertz CT molecular complexity index is 1080. The molecule has 0 bridgehead atoms. The molecule has 1 amide bonds. The van der Waals surface area contributed by atoms with E-state index in [0.29, 0.717) is 17.9 Å². The van der Waals surface area contributed by atoms with Gasteiger partial charge < -0.3 is 5.32 Å². The van der Waals surface area contributed by atoms with E-state index in [0.717, 1.165) is 24.8 Å². The lowest BCUT2D eigenvalue weighted by Crippen LogP contribution is -2.53. The second-order valence-electron chi connectivity index (χ2n) is 8.18. The van der Waals surface area contributed by atoms with Crippen molar-refractivity contribution in [2.75, 3.05) is 13.1 Å². The van der Waals surface area contributed by atoms with Crippen molar-refractivity contribution >= 4 is 39.1 Å². The van der Waals surface area contributed by atoms with Gasteiger partial charge in [-0.15, -0.1) is 0 Å². The van der Waals surface area contributed by atoms with Gasteiger partial charge in [-0.3, -0.25) is 4.79 Å². The molecule has 1 N–H and O–H groups in total. The maximum Gasteiger partial charge on any atom is 0.244 e. The predicted octanol–water partition coefficient (Wildman–Crippen LogP) is 4.73. The molecule has 0 aromatic heterocycles. The fourth-order valence-electron chi connectivity index (χ4n) is 4.30. The number of benzene rings is 2. The van der Waals surface area contributed by atoms with E-state index < -0.39 is 15.6 Å². The van der Waals surface area contributed by atoms with Crippen LogP contribution in [0.15, 0.2) is 47.4 Å². The molecule has 0 radical (unpaired) electrons. The summed E-state index contributed by atoms with van der Waals surface area (Å²) in [5, 5.41) is 3.59. The van der Waals surface area contributed by atoms with Crippen molar-refractivity contribution in [2.45, 2.75) is 42.5 Å². The van der Waals surface area contributed by atoms with Crippen molar-refractivity contribution in [2.24, 2.45) is 5.92 Å². The van der Waals surface area contributed by atoms with E-state index in [4.69, 9.17) is 23.2 Å². The van der Waals surface area contributed by atoms with Crippen LogP contribution in [0.1, 0.15) is 37.7 Å². The number of halogens is 3. The van der Waals surface area contributed by atoms with Gasteiger partial charge in [0.15, 0.2) is 0 Å². The number of nitrogens with one attached hydrogen (secondary N) is 1. The summed E-state index contributed by atoms with van der Waals surface area (Å²) in [7, 11) is -3.79. The number of hydrogen-bond donors (Lipinski definition) is 1. The van der Waals surface area contributed by atoms with E-state index in [1.807, 2.05) is 0 Å².